The van der Waals surface area contributed by atoms with Gasteiger partial charge in [0.15, 0.2) is 0 Å². The van der Waals surface area contributed by atoms with Crippen LogP contribution < -0.4 is 5.32 Å². The third-order valence-electron chi connectivity index (χ3n) is 3.96. The van der Waals surface area contributed by atoms with E-state index >= 15 is 0 Å². The van der Waals surface area contributed by atoms with Crippen LogP contribution in [0.4, 0.5) is 0 Å². The Morgan fingerprint density at radius 2 is 2.22 bits per heavy atom. The zero-order chi connectivity index (χ0) is 16.4. The number of hydrogen-bond acceptors (Lipinski definition) is 3. The number of aromatic nitrogens is 4. The molecule has 2 N–H and O–H groups in total. The highest BCUT2D eigenvalue weighted by Gasteiger charge is 2.12. The van der Waals surface area contributed by atoms with Gasteiger partial charge in [-0.05, 0) is 38.5 Å². The second kappa shape index (κ2) is 6.24. The molecular formula is C17H21N5O. The van der Waals surface area contributed by atoms with Crippen LogP contribution in [0, 0.1) is 13.8 Å². The Morgan fingerprint density at radius 3 is 2.96 bits per heavy atom. The molecule has 23 heavy (non-hydrogen) atoms. The molecule has 3 aromatic rings. The van der Waals surface area contributed by atoms with Gasteiger partial charge in [0.2, 0.25) is 5.91 Å². The monoisotopic (exact) mass is 311 g/mol. The largest absolute Gasteiger partial charge is 0.349 e. The third-order valence-corrected chi connectivity index (χ3v) is 3.96. The number of aryl methyl sites for hydroxylation is 2. The predicted octanol–water partition coefficient (Wildman–Crippen LogP) is 2.64. The molecule has 3 rings (SSSR count). The number of nitrogens with zero attached hydrogens (tertiary/aromatic N) is 3. The van der Waals surface area contributed by atoms with E-state index in [-0.39, 0.29) is 11.9 Å². The van der Waals surface area contributed by atoms with E-state index in [2.05, 4.69) is 26.3 Å². The molecule has 0 radical (unpaired) electrons. The van der Waals surface area contributed by atoms with E-state index in [9.17, 15) is 4.79 Å². The molecule has 120 valence electrons. The van der Waals surface area contributed by atoms with Crippen LogP contribution >= 0.6 is 0 Å². The zero-order valence-corrected chi connectivity index (χ0v) is 13.6. The highest BCUT2D eigenvalue weighted by Crippen LogP contribution is 2.14. The molecule has 6 nitrogen and oxygen atoms in total. The number of amides is 1. The average Bonchev–Trinajstić information content (AvgIpc) is 3.10. The van der Waals surface area contributed by atoms with E-state index in [1.54, 1.807) is 6.20 Å². The first kappa shape index (κ1) is 15.3. The summed E-state index contributed by atoms with van der Waals surface area (Å²) in [6, 6.07) is 6.14. The van der Waals surface area contributed by atoms with Crippen molar-refractivity contribution in [3.8, 4) is 0 Å². The van der Waals surface area contributed by atoms with Gasteiger partial charge in [-0.2, -0.15) is 0 Å². The van der Waals surface area contributed by atoms with Crippen molar-refractivity contribution >= 4 is 16.9 Å². The highest BCUT2D eigenvalue weighted by molar-refractivity contribution is 5.77. The van der Waals surface area contributed by atoms with E-state index in [0.29, 0.717) is 13.0 Å². The Morgan fingerprint density at radius 1 is 1.39 bits per heavy atom. The summed E-state index contributed by atoms with van der Waals surface area (Å²) in [4.78, 5) is 24.0. The molecule has 2 heterocycles. The van der Waals surface area contributed by atoms with Crippen molar-refractivity contribution in [3.05, 3.63) is 47.8 Å². The number of imidazole rings is 2. The molecule has 0 spiro atoms. The highest BCUT2D eigenvalue weighted by atomic mass is 16.1. The van der Waals surface area contributed by atoms with Gasteiger partial charge in [0.1, 0.15) is 11.6 Å². The van der Waals surface area contributed by atoms with Gasteiger partial charge in [0, 0.05) is 24.9 Å². The van der Waals surface area contributed by atoms with Crippen LogP contribution in [0.5, 0.6) is 0 Å². The summed E-state index contributed by atoms with van der Waals surface area (Å²) in [7, 11) is 0. The predicted molar refractivity (Wildman–Crippen MR) is 89.0 cm³/mol. The molecule has 1 aromatic carbocycles. The first-order valence-corrected chi connectivity index (χ1v) is 7.74. The topological polar surface area (TPSA) is 75.6 Å². The molecule has 0 bridgehead atoms. The van der Waals surface area contributed by atoms with Gasteiger partial charge in [-0.3, -0.25) is 4.79 Å². The summed E-state index contributed by atoms with van der Waals surface area (Å²) >= 11 is 0. The van der Waals surface area contributed by atoms with Crippen molar-refractivity contribution in [2.75, 3.05) is 0 Å². The van der Waals surface area contributed by atoms with E-state index in [1.165, 1.54) is 5.56 Å². The summed E-state index contributed by atoms with van der Waals surface area (Å²) in [6.45, 7) is 6.40. The molecule has 1 unspecified atom stereocenters. The van der Waals surface area contributed by atoms with Crippen LogP contribution in [0.1, 0.15) is 36.6 Å². The van der Waals surface area contributed by atoms with Gasteiger partial charge in [0.25, 0.3) is 0 Å². The Kier molecular flexibility index (Phi) is 4.14. The number of fused-ring (bicyclic) bond motifs is 1. The summed E-state index contributed by atoms with van der Waals surface area (Å²) in [5.41, 5.74) is 3.10. The van der Waals surface area contributed by atoms with E-state index in [4.69, 9.17) is 0 Å². The van der Waals surface area contributed by atoms with Crippen LogP contribution in [0.25, 0.3) is 11.0 Å². The molecule has 0 saturated carbocycles. The summed E-state index contributed by atoms with van der Waals surface area (Å²) in [5.74, 6) is 1.69. The molecule has 0 saturated heterocycles. The Hall–Kier alpha value is -2.63. The molecule has 6 heteroatoms. The molecule has 1 amide bonds. The standard InChI is InChI=1S/C17H21N5O/c1-11-4-5-14-15(8-11)21-16(20-14)10-19-17(23)9-12(2)22-7-6-18-13(22)3/h4-8,12H,9-10H2,1-3H3,(H,19,23)(H,20,21). The van der Waals surface area contributed by atoms with E-state index in [1.807, 2.05) is 43.7 Å². The molecule has 2 aromatic heterocycles. The Balaban J connectivity index is 1.58. The van der Waals surface area contributed by atoms with Gasteiger partial charge in [-0.25, -0.2) is 9.97 Å². The van der Waals surface area contributed by atoms with Crippen LogP contribution in [-0.4, -0.2) is 25.4 Å². The lowest BCUT2D eigenvalue weighted by atomic mass is 10.2. The normalized spacial score (nSPS) is 12.5. The Bertz CT molecular complexity index is 832. The van der Waals surface area contributed by atoms with Crippen molar-refractivity contribution in [1.29, 1.82) is 0 Å². The summed E-state index contributed by atoms with van der Waals surface area (Å²) < 4.78 is 2.00. The molecular weight excluding hydrogens is 290 g/mol. The fourth-order valence-corrected chi connectivity index (χ4v) is 2.73. The third kappa shape index (κ3) is 3.41. The quantitative estimate of drug-likeness (QED) is 0.760. The molecule has 1 atom stereocenters. The lowest BCUT2D eigenvalue weighted by Crippen LogP contribution is -2.26. The maximum absolute atomic E-state index is 12.1. The minimum absolute atomic E-state index is 0.00207. The van der Waals surface area contributed by atoms with Crippen LogP contribution in [0.2, 0.25) is 0 Å². The van der Waals surface area contributed by atoms with E-state index in [0.717, 1.165) is 22.7 Å². The van der Waals surface area contributed by atoms with Crippen molar-refractivity contribution in [1.82, 2.24) is 24.8 Å². The minimum Gasteiger partial charge on any atom is -0.349 e. The SMILES string of the molecule is Cc1ccc2nc(CNC(=O)CC(C)n3ccnc3C)[nH]c2c1. The molecule has 0 aliphatic rings. The number of carbonyl (C=O) groups excluding carboxylic acids is 1. The van der Waals surface area contributed by atoms with Crippen molar-refractivity contribution in [2.45, 2.75) is 39.8 Å². The lowest BCUT2D eigenvalue weighted by Gasteiger charge is -2.14. The van der Waals surface area contributed by atoms with Gasteiger partial charge in [-0.15, -0.1) is 0 Å². The van der Waals surface area contributed by atoms with Crippen LogP contribution in [-0.2, 0) is 11.3 Å². The fraction of sp³-hybridized carbons (Fsp3) is 0.353. The van der Waals surface area contributed by atoms with E-state index < -0.39 is 0 Å². The lowest BCUT2D eigenvalue weighted by molar-refractivity contribution is -0.121. The zero-order valence-electron chi connectivity index (χ0n) is 13.6. The fourth-order valence-electron chi connectivity index (χ4n) is 2.73. The maximum Gasteiger partial charge on any atom is 0.222 e. The molecule has 0 fully saturated rings. The first-order chi connectivity index (χ1) is 11.0. The van der Waals surface area contributed by atoms with Gasteiger partial charge < -0.3 is 14.9 Å². The van der Waals surface area contributed by atoms with Crippen LogP contribution in [0.15, 0.2) is 30.6 Å². The van der Waals surface area contributed by atoms with Gasteiger partial charge in [0.05, 0.1) is 17.6 Å². The second-order valence-corrected chi connectivity index (χ2v) is 5.92. The molecule has 0 aliphatic carbocycles. The van der Waals surface area contributed by atoms with Gasteiger partial charge >= 0.3 is 0 Å². The maximum atomic E-state index is 12.1. The van der Waals surface area contributed by atoms with Gasteiger partial charge in [-0.1, -0.05) is 6.07 Å². The average molecular weight is 311 g/mol. The number of aromatic amines is 1. The van der Waals surface area contributed by atoms with Crippen molar-refractivity contribution in [2.24, 2.45) is 0 Å². The number of nitrogens with one attached hydrogen (secondary N) is 2. The number of hydrogen-bond donors (Lipinski definition) is 2. The number of benzene rings is 1. The minimum atomic E-state index is 0.00207. The smallest absolute Gasteiger partial charge is 0.222 e. The summed E-state index contributed by atoms with van der Waals surface area (Å²) in [5, 5.41) is 2.92. The number of H-pyrrole nitrogens is 1. The molecule has 0 aliphatic heterocycles. The Labute approximate surface area is 135 Å². The number of carbonyl (C=O) groups is 1. The summed E-state index contributed by atoms with van der Waals surface area (Å²) in [6.07, 6.45) is 4.06. The number of rotatable bonds is 5. The van der Waals surface area contributed by atoms with Crippen molar-refractivity contribution in [3.63, 3.8) is 0 Å². The first-order valence-electron chi connectivity index (χ1n) is 7.74. The van der Waals surface area contributed by atoms with Crippen molar-refractivity contribution < 1.29 is 4.79 Å². The van der Waals surface area contributed by atoms with Crippen LogP contribution in [0.3, 0.4) is 0 Å². The second-order valence-electron chi connectivity index (χ2n) is 5.92.